The van der Waals surface area contributed by atoms with Gasteiger partial charge in [-0.15, -0.1) is 0 Å². The van der Waals surface area contributed by atoms with E-state index in [1.807, 2.05) is 24.3 Å². The first kappa shape index (κ1) is 11.2. The molecule has 0 fully saturated rings. The molecular weight excluding hydrogens is 294 g/mol. The number of rotatable bonds is 2. The summed E-state index contributed by atoms with van der Waals surface area (Å²) in [5, 5.41) is 3.01. The fraction of sp³-hybridized carbons (Fsp3) is 0.0769. The molecule has 0 aliphatic rings. The first-order chi connectivity index (χ1) is 8.74. The van der Waals surface area contributed by atoms with Gasteiger partial charge in [0.25, 0.3) is 5.56 Å². The van der Waals surface area contributed by atoms with Gasteiger partial charge in [-0.2, -0.15) is 0 Å². The third-order valence-corrected chi connectivity index (χ3v) is 3.51. The second kappa shape index (κ2) is 4.42. The summed E-state index contributed by atoms with van der Waals surface area (Å²) in [5.41, 5.74) is 1.67. The number of nitrogens with zero attached hydrogens (tertiary/aromatic N) is 2. The number of benzene rings is 1. The Kier molecular flexibility index (Phi) is 2.76. The van der Waals surface area contributed by atoms with E-state index in [4.69, 9.17) is 0 Å². The Balaban J connectivity index is 2.04. The minimum Gasteiger partial charge on any atom is -0.276 e. The van der Waals surface area contributed by atoms with Crippen LogP contribution in [0.25, 0.3) is 5.65 Å². The van der Waals surface area contributed by atoms with E-state index < -0.39 is 0 Å². The predicted molar refractivity (Wildman–Crippen MR) is 72.8 cm³/mol. The zero-order valence-corrected chi connectivity index (χ0v) is 11.0. The van der Waals surface area contributed by atoms with E-state index in [0.29, 0.717) is 12.1 Å². The SMILES string of the molecule is O=c1cccc2nc(Cc3ccccc3Br)[nH]n12. The fourth-order valence-corrected chi connectivity index (χ4v) is 2.30. The summed E-state index contributed by atoms with van der Waals surface area (Å²) in [4.78, 5) is 16.0. The van der Waals surface area contributed by atoms with Crippen LogP contribution in [0.2, 0.25) is 0 Å². The number of fused-ring (bicyclic) bond motifs is 1. The van der Waals surface area contributed by atoms with Gasteiger partial charge in [0.15, 0.2) is 5.65 Å². The summed E-state index contributed by atoms with van der Waals surface area (Å²) in [6.45, 7) is 0. The van der Waals surface area contributed by atoms with Gasteiger partial charge in [0.1, 0.15) is 5.82 Å². The minimum absolute atomic E-state index is 0.0987. The van der Waals surface area contributed by atoms with E-state index >= 15 is 0 Å². The molecule has 5 heteroatoms. The molecule has 0 bridgehead atoms. The van der Waals surface area contributed by atoms with E-state index in [1.54, 1.807) is 12.1 Å². The number of nitrogens with one attached hydrogen (secondary N) is 1. The van der Waals surface area contributed by atoms with Gasteiger partial charge in [0.2, 0.25) is 0 Å². The van der Waals surface area contributed by atoms with Crippen LogP contribution < -0.4 is 5.56 Å². The Bertz CT molecular complexity index is 760. The average molecular weight is 304 g/mol. The minimum atomic E-state index is -0.0987. The molecule has 0 saturated heterocycles. The molecule has 0 aliphatic heterocycles. The highest BCUT2D eigenvalue weighted by molar-refractivity contribution is 9.10. The number of aromatic amines is 1. The molecule has 4 nitrogen and oxygen atoms in total. The van der Waals surface area contributed by atoms with Crippen molar-refractivity contribution in [2.24, 2.45) is 0 Å². The highest BCUT2D eigenvalue weighted by Gasteiger charge is 2.06. The summed E-state index contributed by atoms with van der Waals surface area (Å²) in [6, 6.07) is 13.0. The molecule has 18 heavy (non-hydrogen) atoms. The lowest BCUT2D eigenvalue weighted by Crippen LogP contribution is -2.11. The Morgan fingerprint density at radius 2 is 2.00 bits per heavy atom. The van der Waals surface area contributed by atoms with E-state index in [9.17, 15) is 4.79 Å². The lowest BCUT2D eigenvalue weighted by molar-refractivity contribution is 0.872. The van der Waals surface area contributed by atoms with Gasteiger partial charge in [-0.3, -0.25) is 9.89 Å². The standard InChI is InChI=1S/C13H10BrN3O/c14-10-5-2-1-4-9(10)8-11-15-12-6-3-7-13(18)17(12)16-11/h1-7H,8H2,(H,15,16). The zero-order chi connectivity index (χ0) is 12.5. The van der Waals surface area contributed by atoms with Crippen LogP contribution in [-0.2, 0) is 6.42 Å². The molecular formula is C13H10BrN3O. The van der Waals surface area contributed by atoms with Crippen molar-refractivity contribution in [3.63, 3.8) is 0 Å². The van der Waals surface area contributed by atoms with Crippen LogP contribution in [0.4, 0.5) is 0 Å². The highest BCUT2D eigenvalue weighted by atomic mass is 79.9. The maximum atomic E-state index is 11.6. The Morgan fingerprint density at radius 3 is 2.78 bits per heavy atom. The highest BCUT2D eigenvalue weighted by Crippen LogP contribution is 2.18. The smallest absolute Gasteiger partial charge is 0.271 e. The predicted octanol–water partition coefficient (Wildman–Crippen LogP) is 2.38. The largest absolute Gasteiger partial charge is 0.276 e. The van der Waals surface area contributed by atoms with Crippen LogP contribution >= 0.6 is 15.9 Å². The summed E-state index contributed by atoms with van der Waals surface area (Å²) < 4.78 is 2.49. The zero-order valence-electron chi connectivity index (χ0n) is 9.43. The molecule has 3 aromatic rings. The van der Waals surface area contributed by atoms with Gasteiger partial charge >= 0.3 is 0 Å². The molecule has 2 aromatic heterocycles. The second-order valence-electron chi connectivity index (χ2n) is 4.00. The summed E-state index contributed by atoms with van der Waals surface area (Å²) in [5.74, 6) is 0.769. The van der Waals surface area contributed by atoms with Crippen molar-refractivity contribution in [1.29, 1.82) is 0 Å². The van der Waals surface area contributed by atoms with Gasteiger partial charge in [-0.1, -0.05) is 40.2 Å². The molecule has 3 rings (SSSR count). The molecule has 0 saturated carbocycles. The molecule has 0 spiro atoms. The number of halogens is 1. The quantitative estimate of drug-likeness (QED) is 0.790. The second-order valence-corrected chi connectivity index (χ2v) is 4.85. The van der Waals surface area contributed by atoms with Crippen LogP contribution in [0, 0.1) is 0 Å². The van der Waals surface area contributed by atoms with E-state index in [0.717, 1.165) is 15.9 Å². The number of hydrogen-bond donors (Lipinski definition) is 1. The van der Waals surface area contributed by atoms with Gasteiger partial charge in [0, 0.05) is 17.0 Å². The van der Waals surface area contributed by atoms with Crippen LogP contribution in [0.3, 0.4) is 0 Å². The van der Waals surface area contributed by atoms with Crippen LogP contribution in [0.1, 0.15) is 11.4 Å². The van der Waals surface area contributed by atoms with Crippen LogP contribution in [0.15, 0.2) is 51.7 Å². The first-order valence-electron chi connectivity index (χ1n) is 5.54. The third-order valence-electron chi connectivity index (χ3n) is 2.74. The van der Waals surface area contributed by atoms with Crippen molar-refractivity contribution in [2.45, 2.75) is 6.42 Å². The average Bonchev–Trinajstić information content (AvgIpc) is 2.76. The third kappa shape index (κ3) is 1.97. The monoisotopic (exact) mass is 303 g/mol. The Hall–Kier alpha value is -1.88. The Labute approximate surface area is 111 Å². The first-order valence-corrected chi connectivity index (χ1v) is 6.33. The van der Waals surface area contributed by atoms with E-state index in [2.05, 4.69) is 26.0 Å². The number of pyridine rings is 1. The summed E-state index contributed by atoms with van der Waals surface area (Å²) in [6.07, 6.45) is 0.655. The van der Waals surface area contributed by atoms with Gasteiger partial charge in [0.05, 0.1) is 0 Å². The van der Waals surface area contributed by atoms with Crippen LogP contribution in [0.5, 0.6) is 0 Å². The number of hydrogen-bond acceptors (Lipinski definition) is 2. The van der Waals surface area contributed by atoms with Gasteiger partial charge in [-0.05, 0) is 17.7 Å². The molecule has 2 heterocycles. The fourth-order valence-electron chi connectivity index (χ4n) is 1.87. The van der Waals surface area contributed by atoms with Crippen molar-refractivity contribution in [2.75, 3.05) is 0 Å². The molecule has 0 atom stereocenters. The van der Waals surface area contributed by atoms with Crippen LogP contribution in [-0.4, -0.2) is 14.6 Å². The molecule has 1 N–H and O–H groups in total. The van der Waals surface area contributed by atoms with Crippen molar-refractivity contribution >= 4 is 21.6 Å². The van der Waals surface area contributed by atoms with E-state index in [1.165, 1.54) is 10.6 Å². The topological polar surface area (TPSA) is 50.2 Å². The normalized spacial score (nSPS) is 10.9. The molecule has 0 radical (unpaired) electrons. The van der Waals surface area contributed by atoms with Crippen molar-refractivity contribution in [3.05, 3.63) is 68.7 Å². The molecule has 1 aromatic carbocycles. The summed E-state index contributed by atoms with van der Waals surface area (Å²) in [7, 11) is 0. The van der Waals surface area contributed by atoms with Gasteiger partial charge in [-0.25, -0.2) is 9.50 Å². The van der Waals surface area contributed by atoms with Crippen molar-refractivity contribution < 1.29 is 0 Å². The molecule has 90 valence electrons. The lowest BCUT2D eigenvalue weighted by atomic mass is 10.1. The maximum absolute atomic E-state index is 11.6. The molecule has 0 unspecified atom stereocenters. The van der Waals surface area contributed by atoms with Crippen molar-refractivity contribution in [1.82, 2.24) is 14.6 Å². The lowest BCUT2D eigenvalue weighted by Gasteiger charge is -2.00. The molecule has 0 aliphatic carbocycles. The van der Waals surface area contributed by atoms with E-state index in [-0.39, 0.29) is 5.56 Å². The Morgan fingerprint density at radius 1 is 1.17 bits per heavy atom. The number of H-pyrrole nitrogens is 1. The summed E-state index contributed by atoms with van der Waals surface area (Å²) >= 11 is 3.50. The number of aromatic nitrogens is 3. The maximum Gasteiger partial charge on any atom is 0.271 e. The van der Waals surface area contributed by atoms with Crippen molar-refractivity contribution in [3.8, 4) is 0 Å². The molecule has 0 amide bonds. The van der Waals surface area contributed by atoms with Gasteiger partial charge < -0.3 is 0 Å².